The molecule has 0 spiro atoms. The first-order valence-corrected chi connectivity index (χ1v) is 7.03. The monoisotopic (exact) mass is 261 g/mol. The highest BCUT2D eigenvalue weighted by molar-refractivity contribution is 5.89. The second-order valence-electron chi connectivity index (χ2n) is 5.31. The summed E-state index contributed by atoms with van der Waals surface area (Å²) in [6.07, 6.45) is 3.61. The third-order valence-corrected chi connectivity index (χ3v) is 3.62. The second-order valence-corrected chi connectivity index (χ2v) is 5.31. The number of hydrogen-bond donors (Lipinski definition) is 3. The minimum Gasteiger partial charge on any atom is -0.334 e. The van der Waals surface area contributed by atoms with Crippen LogP contribution in [0.4, 0.5) is 10.5 Å². The Morgan fingerprint density at radius 1 is 1.32 bits per heavy atom. The van der Waals surface area contributed by atoms with Gasteiger partial charge in [-0.05, 0) is 45.4 Å². The Bertz CT molecular complexity index is 410. The zero-order chi connectivity index (χ0) is 13.7. The van der Waals surface area contributed by atoms with E-state index in [9.17, 15) is 4.79 Å². The highest BCUT2D eigenvalue weighted by Crippen LogP contribution is 2.11. The first-order valence-electron chi connectivity index (χ1n) is 7.03. The van der Waals surface area contributed by atoms with Gasteiger partial charge in [0.2, 0.25) is 0 Å². The van der Waals surface area contributed by atoms with Crippen molar-refractivity contribution in [1.82, 2.24) is 10.6 Å². The number of piperidine rings is 1. The van der Waals surface area contributed by atoms with Gasteiger partial charge >= 0.3 is 6.03 Å². The summed E-state index contributed by atoms with van der Waals surface area (Å²) in [5.74, 6) is 0. The molecule has 1 aromatic carbocycles. The maximum absolute atomic E-state index is 11.9. The van der Waals surface area contributed by atoms with Gasteiger partial charge in [0.1, 0.15) is 0 Å². The van der Waals surface area contributed by atoms with Gasteiger partial charge in [-0.3, -0.25) is 0 Å². The van der Waals surface area contributed by atoms with Gasteiger partial charge in [-0.2, -0.15) is 0 Å². The third-order valence-electron chi connectivity index (χ3n) is 3.62. The molecule has 19 heavy (non-hydrogen) atoms. The number of anilines is 1. The van der Waals surface area contributed by atoms with Crippen LogP contribution in [0.1, 0.15) is 31.7 Å². The van der Waals surface area contributed by atoms with Gasteiger partial charge in [-0.15, -0.1) is 0 Å². The molecule has 0 aromatic heterocycles. The summed E-state index contributed by atoms with van der Waals surface area (Å²) < 4.78 is 0. The third kappa shape index (κ3) is 4.24. The fourth-order valence-corrected chi connectivity index (χ4v) is 2.42. The van der Waals surface area contributed by atoms with E-state index in [0.717, 1.165) is 18.7 Å². The maximum Gasteiger partial charge on any atom is 0.319 e. The van der Waals surface area contributed by atoms with Crippen LogP contribution < -0.4 is 16.0 Å². The molecule has 1 aromatic rings. The summed E-state index contributed by atoms with van der Waals surface area (Å²) in [4.78, 5) is 11.9. The Hall–Kier alpha value is -1.55. The molecule has 1 saturated heterocycles. The predicted octanol–water partition coefficient (Wildman–Crippen LogP) is 2.65. The number of urea groups is 1. The fourth-order valence-electron chi connectivity index (χ4n) is 2.42. The van der Waals surface area contributed by atoms with Gasteiger partial charge in [0.25, 0.3) is 0 Å². The Morgan fingerprint density at radius 3 is 2.68 bits per heavy atom. The van der Waals surface area contributed by atoms with E-state index >= 15 is 0 Å². The van der Waals surface area contributed by atoms with E-state index in [1.54, 1.807) is 0 Å². The van der Waals surface area contributed by atoms with E-state index in [4.69, 9.17) is 0 Å². The average molecular weight is 261 g/mol. The van der Waals surface area contributed by atoms with E-state index in [1.165, 1.54) is 18.4 Å². The first kappa shape index (κ1) is 13.9. The van der Waals surface area contributed by atoms with Gasteiger partial charge in [0, 0.05) is 17.8 Å². The zero-order valence-electron chi connectivity index (χ0n) is 11.7. The normalized spacial score (nSPS) is 20.6. The number of carbonyl (C=O) groups excluding carboxylic acids is 1. The van der Waals surface area contributed by atoms with Crippen LogP contribution in [0.5, 0.6) is 0 Å². The highest BCUT2D eigenvalue weighted by Gasteiger charge is 2.20. The lowest BCUT2D eigenvalue weighted by Crippen LogP contribution is -2.51. The number of amides is 2. The van der Waals surface area contributed by atoms with Crippen molar-refractivity contribution in [1.29, 1.82) is 0 Å². The standard InChI is InChI=1S/C15H23N3O/c1-11-6-8-13(9-7-11)18-15(19)17-12(2)14-5-3-4-10-16-14/h6-9,12,14,16H,3-5,10H2,1-2H3,(H2,17,18,19). The molecule has 2 rings (SSSR count). The van der Waals surface area contributed by atoms with Crippen molar-refractivity contribution in [2.45, 2.75) is 45.2 Å². The molecule has 2 atom stereocenters. The minimum atomic E-state index is -0.135. The minimum absolute atomic E-state index is 0.135. The van der Waals surface area contributed by atoms with Crippen molar-refractivity contribution in [3.05, 3.63) is 29.8 Å². The van der Waals surface area contributed by atoms with Crippen LogP contribution in [0.25, 0.3) is 0 Å². The molecule has 1 fully saturated rings. The van der Waals surface area contributed by atoms with Gasteiger partial charge in [-0.1, -0.05) is 24.1 Å². The molecule has 1 heterocycles. The number of nitrogens with one attached hydrogen (secondary N) is 3. The number of aryl methyl sites for hydroxylation is 1. The molecule has 1 aliphatic rings. The molecule has 4 nitrogen and oxygen atoms in total. The first-order chi connectivity index (χ1) is 9.15. The molecule has 0 aliphatic carbocycles. The van der Waals surface area contributed by atoms with Crippen LogP contribution in [-0.2, 0) is 0 Å². The van der Waals surface area contributed by atoms with Gasteiger partial charge in [-0.25, -0.2) is 4.79 Å². The fraction of sp³-hybridized carbons (Fsp3) is 0.533. The molecular weight excluding hydrogens is 238 g/mol. The SMILES string of the molecule is Cc1ccc(NC(=O)NC(C)C2CCCCN2)cc1. The van der Waals surface area contributed by atoms with Crippen LogP contribution >= 0.6 is 0 Å². The van der Waals surface area contributed by atoms with Crippen LogP contribution in [0.15, 0.2) is 24.3 Å². The van der Waals surface area contributed by atoms with E-state index < -0.39 is 0 Å². The molecular formula is C15H23N3O. The van der Waals surface area contributed by atoms with Crippen molar-refractivity contribution in [3.63, 3.8) is 0 Å². The Labute approximate surface area is 115 Å². The van der Waals surface area contributed by atoms with Crippen molar-refractivity contribution in [2.75, 3.05) is 11.9 Å². The van der Waals surface area contributed by atoms with Gasteiger partial charge in [0.15, 0.2) is 0 Å². The summed E-state index contributed by atoms with van der Waals surface area (Å²) in [5.41, 5.74) is 2.01. The van der Waals surface area contributed by atoms with Crippen LogP contribution in [-0.4, -0.2) is 24.7 Å². The molecule has 2 amide bonds. The maximum atomic E-state index is 11.9. The molecule has 0 bridgehead atoms. The zero-order valence-corrected chi connectivity index (χ0v) is 11.7. The van der Waals surface area contributed by atoms with Crippen molar-refractivity contribution < 1.29 is 4.79 Å². The number of hydrogen-bond acceptors (Lipinski definition) is 2. The highest BCUT2D eigenvalue weighted by atomic mass is 16.2. The van der Waals surface area contributed by atoms with Gasteiger partial charge in [0.05, 0.1) is 0 Å². The summed E-state index contributed by atoms with van der Waals surface area (Å²) >= 11 is 0. The second kappa shape index (κ2) is 6.57. The molecule has 2 unspecified atom stereocenters. The summed E-state index contributed by atoms with van der Waals surface area (Å²) in [7, 11) is 0. The summed E-state index contributed by atoms with van der Waals surface area (Å²) in [6, 6.07) is 8.20. The average Bonchev–Trinajstić information content (AvgIpc) is 2.42. The molecule has 0 saturated carbocycles. The lowest BCUT2D eigenvalue weighted by Gasteiger charge is -2.29. The molecule has 1 aliphatic heterocycles. The number of carbonyl (C=O) groups is 1. The topological polar surface area (TPSA) is 53.2 Å². The van der Waals surface area contributed by atoms with E-state index in [1.807, 2.05) is 31.2 Å². The molecule has 0 radical (unpaired) electrons. The van der Waals surface area contributed by atoms with E-state index in [-0.39, 0.29) is 12.1 Å². The van der Waals surface area contributed by atoms with Crippen molar-refractivity contribution in [3.8, 4) is 0 Å². The Kier molecular flexibility index (Phi) is 4.80. The van der Waals surface area contributed by atoms with Gasteiger partial charge < -0.3 is 16.0 Å². The summed E-state index contributed by atoms with van der Waals surface area (Å²) in [5, 5.41) is 9.31. The predicted molar refractivity (Wildman–Crippen MR) is 78.4 cm³/mol. The van der Waals surface area contributed by atoms with Crippen LogP contribution in [0.2, 0.25) is 0 Å². The molecule has 4 heteroatoms. The van der Waals surface area contributed by atoms with E-state index in [0.29, 0.717) is 6.04 Å². The van der Waals surface area contributed by atoms with E-state index in [2.05, 4.69) is 22.9 Å². The molecule has 104 valence electrons. The largest absolute Gasteiger partial charge is 0.334 e. The Morgan fingerprint density at radius 2 is 2.05 bits per heavy atom. The van der Waals surface area contributed by atoms with Crippen LogP contribution in [0, 0.1) is 6.92 Å². The summed E-state index contributed by atoms with van der Waals surface area (Å²) in [6.45, 7) is 5.13. The van der Waals surface area contributed by atoms with Crippen LogP contribution in [0.3, 0.4) is 0 Å². The lowest BCUT2D eigenvalue weighted by atomic mass is 9.99. The lowest BCUT2D eigenvalue weighted by molar-refractivity contribution is 0.242. The molecule has 3 N–H and O–H groups in total. The smallest absolute Gasteiger partial charge is 0.319 e. The van der Waals surface area contributed by atoms with Crippen molar-refractivity contribution in [2.24, 2.45) is 0 Å². The number of benzene rings is 1. The number of rotatable bonds is 3. The quantitative estimate of drug-likeness (QED) is 0.783. The Balaban J connectivity index is 1.81. The van der Waals surface area contributed by atoms with Crippen molar-refractivity contribution >= 4 is 11.7 Å².